The first-order valence-electron chi connectivity index (χ1n) is 9.86. The van der Waals surface area contributed by atoms with Crippen LogP contribution in [-0.2, 0) is 14.8 Å². The molecule has 6 nitrogen and oxygen atoms in total. The van der Waals surface area contributed by atoms with E-state index in [4.69, 9.17) is 0 Å². The van der Waals surface area contributed by atoms with Crippen molar-refractivity contribution >= 4 is 28.3 Å². The summed E-state index contributed by atoms with van der Waals surface area (Å²) in [6.07, 6.45) is 3.11. The van der Waals surface area contributed by atoms with Crippen molar-refractivity contribution in [2.24, 2.45) is 10.8 Å². The molecule has 1 unspecified atom stereocenters. The second kappa shape index (κ2) is 7.59. The summed E-state index contributed by atoms with van der Waals surface area (Å²) >= 11 is 0. The van der Waals surface area contributed by atoms with Crippen molar-refractivity contribution in [2.45, 2.75) is 38.0 Å². The van der Waals surface area contributed by atoms with Crippen LogP contribution in [-0.4, -0.2) is 62.8 Å². The van der Waals surface area contributed by atoms with E-state index in [0.29, 0.717) is 31.1 Å². The van der Waals surface area contributed by atoms with Crippen molar-refractivity contribution < 1.29 is 13.2 Å². The fourth-order valence-electron chi connectivity index (χ4n) is 4.91. The van der Waals surface area contributed by atoms with Crippen LogP contribution in [0.2, 0.25) is 0 Å². The molecule has 4 rings (SSSR count). The molecule has 2 saturated heterocycles. The Kier molecular flexibility index (Phi) is 5.85. The molecule has 1 amide bonds. The van der Waals surface area contributed by atoms with E-state index in [9.17, 15) is 13.2 Å². The van der Waals surface area contributed by atoms with E-state index >= 15 is 0 Å². The number of hydrogen-bond donors (Lipinski definition) is 1. The first kappa shape index (κ1) is 21.6. The predicted octanol–water partition coefficient (Wildman–Crippen LogP) is 2.03. The SMILES string of the molecule is Cc1ccc(S(=O)(=O)N2CCN(C(=O)C3(C)CC34CCNCC4)CC2)cc1.Cl. The Bertz CT molecular complexity index is 829. The lowest BCUT2D eigenvalue weighted by atomic mass is 9.85. The molecule has 0 radical (unpaired) electrons. The minimum atomic E-state index is -3.49. The van der Waals surface area contributed by atoms with Gasteiger partial charge >= 0.3 is 0 Å². The first-order valence-corrected chi connectivity index (χ1v) is 11.3. The van der Waals surface area contributed by atoms with Gasteiger partial charge in [-0.25, -0.2) is 8.42 Å². The van der Waals surface area contributed by atoms with Crippen LogP contribution in [0, 0.1) is 17.8 Å². The van der Waals surface area contributed by atoms with Crippen LogP contribution in [0.5, 0.6) is 0 Å². The lowest BCUT2D eigenvalue weighted by Gasteiger charge is -2.37. The highest BCUT2D eigenvalue weighted by Crippen LogP contribution is 2.69. The Hall–Kier alpha value is -1.15. The maximum atomic E-state index is 13.2. The quantitative estimate of drug-likeness (QED) is 0.801. The normalized spacial score (nSPS) is 27.3. The molecule has 3 fully saturated rings. The number of carbonyl (C=O) groups is 1. The van der Waals surface area contributed by atoms with Gasteiger partial charge in [0.05, 0.1) is 10.3 Å². The van der Waals surface area contributed by atoms with Gasteiger partial charge in [0.2, 0.25) is 15.9 Å². The standard InChI is InChI=1S/C20H29N3O3S.ClH/c1-16-3-5-17(6-4-16)27(25,26)23-13-11-22(12-14-23)18(24)19(2)15-20(19)7-9-21-10-8-20;/h3-6,21H,7-15H2,1-2H3;1H. The van der Waals surface area contributed by atoms with Gasteiger partial charge in [0, 0.05) is 26.2 Å². The number of sulfonamides is 1. The summed E-state index contributed by atoms with van der Waals surface area (Å²) in [5.74, 6) is 0.219. The molecule has 1 aliphatic carbocycles. The Morgan fingerprint density at radius 1 is 1.04 bits per heavy atom. The molecule has 1 saturated carbocycles. The van der Waals surface area contributed by atoms with Gasteiger partial charge in [-0.2, -0.15) is 4.31 Å². The molecule has 3 aliphatic rings. The molecule has 156 valence electrons. The minimum Gasteiger partial charge on any atom is -0.340 e. The number of amides is 1. The van der Waals surface area contributed by atoms with Crippen LogP contribution >= 0.6 is 12.4 Å². The minimum absolute atomic E-state index is 0. The molecule has 28 heavy (non-hydrogen) atoms. The van der Waals surface area contributed by atoms with Gasteiger partial charge < -0.3 is 10.2 Å². The van der Waals surface area contributed by atoms with Gasteiger partial charge in [-0.1, -0.05) is 24.6 Å². The molecule has 2 aliphatic heterocycles. The van der Waals surface area contributed by atoms with Crippen molar-refractivity contribution in [1.29, 1.82) is 0 Å². The van der Waals surface area contributed by atoms with Gasteiger partial charge in [-0.05, 0) is 56.8 Å². The number of carbonyl (C=O) groups excluding carboxylic acids is 1. The number of halogens is 1. The van der Waals surface area contributed by atoms with Crippen LogP contribution in [0.25, 0.3) is 0 Å². The second-order valence-corrected chi connectivity index (χ2v) is 10.5. The van der Waals surface area contributed by atoms with Crippen molar-refractivity contribution in [3.63, 3.8) is 0 Å². The van der Waals surface area contributed by atoms with Gasteiger partial charge in [-0.3, -0.25) is 4.79 Å². The lowest BCUT2D eigenvalue weighted by Crippen LogP contribution is -2.52. The fourth-order valence-corrected chi connectivity index (χ4v) is 6.33. The van der Waals surface area contributed by atoms with Gasteiger partial charge in [0.25, 0.3) is 0 Å². The summed E-state index contributed by atoms with van der Waals surface area (Å²) in [6.45, 7) is 7.72. The average Bonchev–Trinajstić information content (AvgIpc) is 3.25. The average molecular weight is 428 g/mol. The van der Waals surface area contributed by atoms with Gasteiger partial charge in [0.15, 0.2) is 0 Å². The highest BCUT2D eigenvalue weighted by atomic mass is 35.5. The number of piperazine rings is 1. The van der Waals surface area contributed by atoms with E-state index in [1.54, 1.807) is 12.1 Å². The summed E-state index contributed by atoms with van der Waals surface area (Å²) in [4.78, 5) is 15.4. The number of aryl methyl sites for hydroxylation is 1. The number of nitrogens with zero attached hydrogens (tertiary/aromatic N) is 2. The molecule has 8 heteroatoms. The summed E-state index contributed by atoms with van der Waals surface area (Å²) in [6, 6.07) is 6.96. The third-order valence-electron chi connectivity index (χ3n) is 6.95. The van der Waals surface area contributed by atoms with E-state index in [0.717, 1.165) is 37.9 Å². The van der Waals surface area contributed by atoms with Crippen molar-refractivity contribution in [3.8, 4) is 0 Å². The smallest absolute Gasteiger partial charge is 0.243 e. The van der Waals surface area contributed by atoms with Crippen molar-refractivity contribution in [3.05, 3.63) is 29.8 Å². The van der Waals surface area contributed by atoms with E-state index in [-0.39, 0.29) is 29.1 Å². The summed E-state index contributed by atoms with van der Waals surface area (Å²) in [5.41, 5.74) is 0.946. The monoisotopic (exact) mass is 427 g/mol. The maximum absolute atomic E-state index is 13.2. The molecule has 0 bridgehead atoms. The molecule has 1 aromatic carbocycles. The van der Waals surface area contributed by atoms with Crippen LogP contribution in [0.4, 0.5) is 0 Å². The van der Waals surface area contributed by atoms with Crippen LogP contribution < -0.4 is 5.32 Å². The number of rotatable bonds is 3. The summed E-state index contributed by atoms with van der Waals surface area (Å²) in [7, 11) is -3.49. The molecule has 1 aromatic rings. The Labute approximate surface area is 174 Å². The molecule has 1 spiro atoms. The largest absolute Gasteiger partial charge is 0.340 e. The highest BCUT2D eigenvalue weighted by molar-refractivity contribution is 7.89. The van der Waals surface area contributed by atoms with Crippen molar-refractivity contribution in [1.82, 2.24) is 14.5 Å². The van der Waals surface area contributed by atoms with Crippen LogP contribution in [0.15, 0.2) is 29.2 Å². The van der Waals surface area contributed by atoms with Gasteiger partial charge in [0.1, 0.15) is 0 Å². The molecular weight excluding hydrogens is 398 g/mol. The zero-order valence-electron chi connectivity index (χ0n) is 16.6. The second-order valence-electron chi connectivity index (χ2n) is 8.55. The topological polar surface area (TPSA) is 69.7 Å². The Morgan fingerprint density at radius 3 is 2.18 bits per heavy atom. The zero-order valence-corrected chi connectivity index (χ0v) is 18.2. The van der Waals surface area contributed by atoms with E-state index in [1.165, 1.54) is 4.31 Å². The molecular formula is C20H30ClN3O3S. The Balaban J connectivity index is 0.00000225. The first-order chi connectivity index (χ1) is 12.8. The third kappa shape index (κ3) is 3.47. The zero-order chi connectivity index (χ0) is 19.3. The van der Waals surface area contributed by atoms with E-state index < -0.39 is 10.0 Å². The number of benzene rings is 1. The fraction of sp³-hybridized carbons (Fsp3) is 0.650. The summed E-state index contributed by atoms with van der Waals surface area (Å²) in [5, 5.41) is 3.38. The molecule has 1 atom stereocenters. The lowest BCUT2D eigenvalue weighted by molar-refractivity contribution is -0.139. The van der Waals surface area contributed by atoms with Crippen LogP contribution in [0.1, 0.15) is 31.7 Å². The van der Waals surface area contributed by atoms with Crippen molar-refractivity contribution in [2.75, 3.05) is 39.3 Å². The summed E-state index contributed by atoms with van der Waals surface area (Å²) < 4.78 is 27.2. The van der Waals surface area contributed by atoms with Crippen LogP contribution in [0.3, 0.4) is 0 Å². The molecule has 2 heterocycles. The third-order valence-corrected chi connectivity index (χ3v) is 8.87. The van der Waals surface area contributed by atoms with Gasteiger partial charge in [-0.15, -0.1) is 12.4 Å². The predicted molar refractivity (Wildman–Crippen MR) is 111 cm³/mol. The molecule has 1 N–H and O–H groups in total. The van der Waals surface area contributed by atoms with E-state index in [1.807, 2.05) is 24.0 Å². The highest BCUT2D eigenvalue weighted by Gasteiger charge is 2.68. The number of piperidine rings is 1. The number of nitrogens with one attached hydrogen (secondary N) is 1. The number of hydrogen-bond acceptors (Lipinski definition) is 4. The Morgan fingerprint density at radius 2 is 1.61 bits per heavy atom. The molecule has 0 aromatic heterocycles. The van der Waals surface area contributed by atoms with E-state index in [2.05, 4.69) is 12.2 Å². The maximum Gasteiger partial charge on any atom is 0.243 e.